The van der Waals surface area contributed by atoms with Crippen molar-refractivity contribution in [3.63, 3.8) is 0 Å². The number of halogens is 1. The highest BCUT2D eigenvalue weighted by atomic mass is 127. The molecule has 32 heavy (non-hydrogen) atoms. The van der Waals surface area contributed by atoms with Crippen LogP contribution in [0.25, 0.3) is 11.3 Å². The summed E-state index contributed by atoms with van der Waals surface area (Å²) in [5.41, 5.74) is 3.81. The van der Waals surface area contributed by atoms with Crippen molar-refractivity contribution in [1.82, 2.24) is 25.5 Å². The maximum absolute atomic E-state index is 11.9. The fraction of sp³-hybridized carbons (Fsp3) is 0.292. The summed E-state index contributed by atoms with van der Waals surface area (Å²) >= 11 is 0. The second kappa shape index (κ2) is 12.8. The number of guanidine groups is 1. The van der Waals surface area contributed by atoms with Gasteiger partial charge in [0.25, 0.3) is 5.91 Å². The molecule has 0 aliphatic rings. The molecule has 2 aromatic carbocycles. The number of nitrogens with one attached hydrogen (secondary N) is 3. The predicted molar refractivity (Wildman–Crippen MR) is 140 cm³/mol. The standard InChI is InChI=1S/C24H30N6O.HI/c1-4-25-23(31)20-13-11-18(12-14-20)15-28-24(26-5-2)30(3)17-22-27-16-21(29-22)19-9-7-6-8-10-19;/h6-14,16H,4-5,15,17H2,1-3H3,(H,25,31)(H,26,28)(H,27,29);1H. The number of hydrogen-bond acceptors (Lipinski definition) is 3. The Balaban J connectivity index is 0.00000363. The number of aromatic nitrogens is 2. The highest BCUT2D eigenvalue weighted by molar-refractivity contribution is 14.0. The molecule has 0 aliphatic carbocycles. The zero-order valence-electron chi connectivity index (χ0n) is 18.8. The molecule has 0 fully saturated rings. The van der Waals surface area contributed by atoms with Gasteiger partial charge in [0.2, 0.25) is 0 Å². The minimum atomic E-state index is -0.0565. The second-order valence-corrected chi connectivity index (χ2v) is 7.19. The Morgan fingerprint density at radius 3 is 2.38 bits per heavy atom. The summed E-state index contributed by atoms with van der Waals surface area (Å²) in [6, 6.07) is 17.7. The number of rotatable bonds is 8. The third-order valence-corrected chi connectivity index (χ3v) is 4.76. The summed E-state index contributed by atoms with van der Waals surface area (Å²) in [4.78, 5) is 26.6. The second-order valence-electron chi connectivity index (χ2n) is 7.19. The van der Waals surface area contributed by atoms with Crippen LogP contribution in [-0.4, -0.2) is 46.9 Å². The smallest absolute Gasteiger partial charge is 0.251 e. The SMILES string of the molecule is CCNC(=O)c1ccc(CN=C(NCC)N(C)Cc2ncc(-c3ccccc3)[nH]2)cc1.I. The van der Waals surface area contributed by atoms with Gasteiger partial charge in [-0.1, -0.05) is 42.5 Å². The first-order chi connectivity index (χ1) is 15.1. The van der Waals surface area contributed by atoms with E-state index in [4.69, 9.17) is 4.99 Å². The number of aromatic amines is 1. The first-order valence-electron chi connectivity index (χ1n) is 10.6. The molecule has 0 saturated carbocycles. The minimum absolute atomic E-state index is 0. The molecule has 1 amide bonds. The molecule has 0 saturated heterocycles. The van der Waals surface area contributed by atoms with Gasteiger partial charge in [-0.3, -0.25) is 4.79 Å². The topological polar surface area (TPSA) is 85.4 Å². The third-order valence-electron chi connectivity index (χ3n) is 4.76. The van der Waals surface area contributed by atoms with Crippen LogP contribution in [0.15, 0.2) is 65.8 Å². The molecule has 0 bridgehead atoms. The summed E-state index contributed by atoms with van der Waals surface area (Å²) in [5, 5.41) is 6.13. The zero-order chi connectivity index (χ0) is 22.1. The summed E-state index contributed by atoms with van der Waals surface area (Å²) < 4.78 is 0. The molecule has 0 unspecified atom stereocenters. The minimum Gasteiger partial charge on any atom is -0.357 e. The number of imidazole rings is 1. The third kappa shape index (κ3) is 7.08. The Kier molecular flexibility index (Phi) is 10.2. The molecule has 1 aromatic heterocycles. The molecule has 0 atom stereocenters. The van der Waals surface area contributed by atoms with E-state index in [9.17, 15) is 4.79 Å². The van der Waals surface area contributed by atoms with Gasteiger partial charge in [-0.05, 0) is 37.1 Å². The zero-order valence-corrected chi connectivity index (χ0v) is 21.1. The summed E-state index contributed by atoms with van der Waals surface area (Å²) in [7, 11) is 1.99. The first kappa shape index (κ1) is 25.4. The van der Waals surface area contributed by atoms with Crippen molar-refractivity contribution in [2.45, 2.75) is 26.9 Å². The van der Waals surface area contributed by atoms with Gasteiger partial charge in [-0.15, -0.1) is 24.0 Å². The lowest BCUT2D eigenvalue weighted by atomic mass is 10.1. The highest BCUT2D eigenvalue weighted by Gasteiger charge is 2.10. The van der Waals surface area contributed by atoms with Crippen molar-refractivity contribution in [3.8, 4) is 11.3 Å². The van der Waals surface area contributed by atoms with Crippen LogP contribution in [0.1, 0.15) is 35.6 Å². The fourth-order valence-electron chi connectivity index (χ4n) is 3.17. The van der Waals surface area contributed by atoms with Crippen LogP contribution >= 0.6 is 24.0 Å². The van der Waals surface area contributed by atoms with Crippen molar-refractivity contribution < 1.29 is 4.79 Å². The van der Waals surface area contributed by atoms with Crippen LogP contribution in [0.3, 0.4) is 0 Å². The van der Waals surface area contributed by atoms with Crippen molar-refractivity contribution in [2.24, 2.45) is 4.99 Å². The normalized spacial score (nSPS) is 10.9. The molecular weight excluding hydrogens is 515 g/mol. The van der Waals surface area contributed by atoms with E-state index in [1.54, 1.807) is 0 Å². The Labute approximate surface area is 206 Å². The van der Waals surface area contributed by atoms with E-state index in [0.717, 1.165) is 35.1 Å². The van der Waals surface area contributed by atoms with Crippen LogP contribution < -0.4 is 10.6 Å². The highest BCUT2D eigenvalue weighted by Crippen LogP contribution is 2.16. The molecule has 0 spiro atoms. The van der Waals surface area contributed by atoms with Crippen molar-refractivity contribution in [3.05, 3.63) is 77.7 Å². The predicted octanol–water partition coefficient (Wildman–Crippen LogP) is 4.04. The van der Waals surface area contributed by atoms with E-state index >= 15 is 0 Å². The number of benzene rings is 2. The van der Waals surface area contributed by atoms with Gasteiger partial charge in [0, 0.05) is 25.7 Å². The summed E-state index contributed by atoms with van der Waals surface area (Å²) in [6.07, 6.45) is 1.86. The number of hydrogen-bond donors (Lipinski definition) is 3. The lowest BCUT2D eigenvalue weighted by molar-refractivity contribution is 0.0956. The molecule has 0 radical (unpaired) electrons. The quantitative estimate of drug-likeness (QED) is 0.226. The maximum Gasteiger partial charge on any atom is 0.251 e. The van der Waals surface area contributed by atoms with Crippen molar-refractivity contribution in [2.75, 3.05) is 20.1 Å². The van der Waals surface area contributed by atoms with Gasteiger partial charge in [0.15, 0.2) is 5.96 Å². The van der Waals surface area contributed by atoms with Crippen molar-refractivity contribution >= 4 is 35.8 Å². The van der Waals surface area contributed by atoms with Crippen LogP contribution in [0.5, 0.6) is 0 Å². The van der Waals surface area contributed by atoms with Gasteiger partial charge in [0.1, 0.15) is 5.82 Å². The van der Waals surface area contributed by atoms with Crippen molar-refractivity contribution in [1.29, 1.82) is 0 Å². The van der Waals surface area contributed by atoms with Crippen LogP contribution in [0.4, 0.5) is 0 Å². The van der Waals surface area contributed by atoms with Gasteiger partial charge < -0.3 is 20.5 Å². The average Bonchev–Trinajstić information content (AvgIpc) is 3.26. The lowest BCUT2D eigenvalue weighted by Crippen LogP contribution is -2.38. The number of aliphatic imine (C=N–C) groups is 1. The van der Waals surface area contributed by atoms with E-state index < -0.39 is 0 Å². The number of H-pyrrole nitrogens is 1. The van der Waals surface area contributed by atoms with Crippen LogP contribution in [0, 0.1) is 0 Å². The Bertz CT molecular complexity index is 1000. The Hall–Kier alpha value is -2.88. The Morgan fingerprint density at radius 1 is 1.03 bits per heavy atom. The molecular formula is C24H31IN6O. The molecule has 1 heterocycles. The largest absolute Gasteiger partial charge is 0.357 e. The molecule has 8 heteroatoms. The van der Waals surface area contributed by atoms with E-state index in [2.05, 4.69) is 32.7 Å². The van der Waals surface area contributed by atoms with E-state index in [1.165, 1.54) is 0 Å². The molecule has 170 valence electrons. The number of carbonyl (C=O) groups excluding carboxylic acids is 1. The van der Waals surface area contributed by atoms with E-state index in [1.807, 2.05) is 74.5 Å². The summed E-state index contributed by atoms with van der Waals surface area (Å²) in [5.74, 6) is 1.62. The number of carbonyl (C=O) groups is 1. The summed E-state index contributed by atoms with van der Waals surface area (Å²) in [6.45, 7) is 6.47. The van der Waals surface area contributed by atoms with E-state index in [-0.39, 0.29) is 29.9 Å². The monoisotopic (exact) mass is 546 g/mol. The number of amides is 1. The maximum atomic E-state index is 11.9. The average molecular weight is 546 g/mol. The molecule has 3 rings (SSSR count). The van der Waals surface area contributed by atoms with Crippen LogP contribution in [0.2, 0.25) is 0 Å². The lowest BCUT2D eigenvalue weighted by Gasteiger charge is -2.21. The van der Waals surface area contributed by atoms with Gasteiger partial charge >= 0.3 is 0 Å². The number of nitrogens with zero attached hydrogens (tertiary/aromatic N) is 3. The van der Waals surface area contributed by atoms with Gasteiger partial charge in [-0.2, -0.15) is 0 Å². The van der Waals surface area contributed by atoms with Gasteiger partial charge in [0.05, 0.1) is 25.0 Å². The fourth-order valence-corrected chi connectivity index (χ4v) is 3.17. The van der Waals surface area contributed by atoms with E-state index in [0.29, 0.717) is 25.2 Å². The molecule has 3 N–H and O–H groups in total. The van der Waals surface area contributed by atoms with Crippen LogP contribution in [-0.2, 0) is 13.1 Å². The molecule has 3 aromatic rings. The Morgan fingerprint density at radius 2 is 1.72 bits per heavy atom. The van der Waals surface area contributed by atoms with Gasteiger partial charge in [-0.25, -0.2) is 9.98 Å². The molecule has 7 nitrogen and oxygen atoms in total. The molecule has 0 aliphatic heterocycles. The first-order valence-corrected chi connectivity index (χ1v) is 10.6.